The van der Waals surface area contributed by atoms with Gasteiger partial charge in [0.2, 0.25) is 11.8 Å². The number of carbonyl (C=O) groups is 3. The number of carbonyl (C=O) groups excluding carboxylic acids is 3. The number of nitrogens with zero attached hydrogens (tertiary/aromatic N) is 5. The van der Waals surface area contributed by atoms with Crippen LogP contribution in [0, 0.1) is 5.41 Å². The van der Waals surface area contributed by atoms with Crippen molar-refractivity contribution >= 4 is 29.1 Å². The third-order valence-electron chi connectivity index (χ3n) is 7.52. The fraction of sp³-hybridized carbons (Fsp3) is 0.419. The van der Waals surface area contributed by atoms with Crippen LogP contribution in [0.5, 0.6) is 5.75 Å². The highest BCUT2D eigenvalue weighted by Gasteiger charge is 2.45. The number of aromatic amines is 1. The number of H-pyrrole nitrogens is 1. The van der Waals surface area contributed by atoms with E-state index in [0.717, 1.165) is 25.1 Å². The first-order valence-electron chi connectivity index (χ1n) is 14.0. The standard InChI is InChI=1S/C31H40N6O4/c1-6-37-26-9-8-25(20-27(26)35(5)29(39)31(2,3)30(37)40)41-19-7-16-36(22-23-10-13-32-14-11-23)18-17-34(4)28(38)24-12-15-33-21-24/h8-15,20-21,33H,6-7,16-19,22H2,1-5H3. The summed E-state index contributed by atoms with van der Waals surface area (Å²) in [6, 6.07) is 11.3. The van der Waals surface area contributed by atoms with Crippen LogP contribution < -0.4 is 14.5 Å². The van der Waals surface area contributed by atoms with Crippen LogP contribution in [0.4, 0.5) is 11.4 Å². The molecule has 1 aliphatic rings. The van der Waals surface area contributed by atoms with E-state index < -0.39 is 5.41 Å². The molecule has 3 heterocycles. The third-order valence-corrected chi connectivity index (χ3v) is 7.52. The first kappa shape index (κ1) is 29.8. The molecule has 0 fully saturated rings. The lowest BCUT2D eigenvalue weighted by Gasteiger charge is -2.27. The summed E-state index contributed by atoms with van der Waals surface area (Å²) in [6.07, 6.45) is 7.79. The van der Waals surface area contributed by atoms with Crippen molar-refractivity contribution in [2.75, 3.05) is 56.7 Å². The lowest BCUT2D eigenvalue weighted by molar-refractivity contribution is -0.137. The Bertz CT molecular complexity index is 1340. The number of benzene rings is 1. The van der Waals surface area contributed by atoms with E-state index in [1.807, 2.05) is 44.3 Å². The van der Waals surface area contributed by atoms with Gasteiger partial charge in [-0.3, -0.25) is 24.3 Å². The number of aromatic nitrogens is 2. The molecule has 0 atom stereocenters. The van der Waals surface area contributed by atoms with Crippen LogP contribution in [0.3, 0.4) is 0 Å². The Kier molecular flexibility index (Phi) is 9.44. The van der Waals surface area contributed by atoms with Gasteiger partial charge in [0.1, 0.15) is 11.2 Å². The monoisotopic (exact) mass is 560 g/mol. The summed E-state index contributed by atoms with van der Waals surface area (Å²) in [7, 11) is 3.52. The summed E-state index contributed by atoms with van der Waals surface area (Å²) in [6.45, 7) is 8.99. The molecule has 1 aliphatic heterocycles. The van der Waals surface area contributed by atoms with E-state index in [1.54, 1.807) is 66.4 Å². The summed E-state index contributed by atoms with van der Waals surface area (Å²) in [5.74, 6) is 0.170. The molecule has 0 spiro atoms. The Balaban J connectivity index is 1.38. The highest BCUT2D eigenvalue weighted by Crippen LogP contribution is 2.40. The molecule has 10 nitrogen and oxygen atoms in total. The van der Waals surface area contributed by atoms with Gasteiger partial charge >= 0.3 is 0 Å². The smallest absolute Gasteiger partial charge is 0.255 e. The minimum Gasteiger partial charge on any atom is -0.493 e. The number of hydrogen-bond acceptors (Lipinski definition) is 6. The second-order valence-corrected chi connectivity index (χ2v) is 10.8. The fourth-order valence-corrected chi connectivity index (χ4v) is 5.04. The van der Waals surface area contributed by atoms with Crippen molar-refractivity contribution in [3.05, 3.63) is 72.3 Å². The number of amides is 3. The van der Waals surface area contributed by atoms with Crippen LogP contribution in [0.25, 0.3) is 0 Å². The van der Waals surface area contributed by atoms with Crippen molar-refractivity contribution in [1.82, 2.24) is 19.8 Å². The van der Waals surface area contributed by atoms with Crippen LogP contribution in [-0.2, 0) is 16.1 Å². The largest absolute Gasteiger partial charge is 0.493 e. The van der Waals surface area contributed by atoms with E-state index in [9.17, 15) is 14.4 Å². The average Bonchev–Trinajstić information content (AvgIpc) is 3.51. The minimum absolute atomic E-state index is 0.0168. The van der Waals surface area contributed by atoms with Crippen molar-refractivity contribution < 1.29 is 19.1 Å². The second-order valence-electron chi connectivity index (χ2n) is 10.8. The van der Waals surface area contributed by atoms with Gasteiger partial charge in [0.25, 0.3) is 5.91 Å². The maximum atomic E-state index is 13.1. The van der Waals surface area contributed by atoms with Crippen LogP contribution in [0.15, 0.2) is 61.2 Å². The van der Waals surface area contributed by atoms with Gasteiger partial charge in [-0.1, -0.05) is 0 Å². The molecule has 0 bridgehead atoms. The SMILES string of the molecule is CCN1C(=O)C(C)(C)C(=O)N(C)c2cc(OCCCN(CCN(C)C(=O)c3cc[nH]c3)Cc3ccncc3)ccc21. The van der Waals surface area contributed by atoms with Crippen LogP contribution >= 0.6 is 0 Å². The topological polar surface area (TPSA) is 102 Å². The molecule has 4 rings (SSSR count). The summed E-state index contributed by atoms with van der Waals surface area (Å²) >= 11 is 0. The summed E-state index contributed by atoms with van der Waals surface area (Å²) in [4.78, 5) is 53.2. The van der Waals surface area contributed by atoms with Gasteiger partial charge < -0.3 is 24.4 Å². The van der Waals surface area contributed by atoms with Crippen molar-refractivity contribution in [3.8, 4) is 5.75 Å². The predicted molar refractivity (Wildman–Crippen MR) is 159 cm³/mol. The molecule has 0 unspecified atom stereocenters. The molecule has 0 aliphatic carbocycles. The van der Waals surface area contributed by atoms with Crippen LogP contribution in [0.1, 0.15) is 43.1 Å². The van der Waals surface area contributed by atoms with E-state index >= 15 is 0 Å². The fourth-order valence-electron chi connectivity index (χ4n) is 5.04. The quantitative estimate of drug-likeness (QED) is 0.267. The summed E-state index contributed by atoms with van der Waals surface area (Å²) in [5, 5.41) is 0. The van der Waals surface area contributed by atoms with Gasteiger partial charge in [0, 0.05) is 77.7 Å². The number of rotatable bonds is 12. The Morgan fingerprint density at radius 3 is 2.46 bits per heavy atom. The molecule has 0 radical (unpaired) electrons. The maximum absolute atomic E-state index is 13.1. The zero-order chi connectivity index (χ0) is 29.6. The molecule has 218 valence electrons. The van der Waals surface area contributed by atoms with Crippen molar-refractivity contribution in [1.29, 1.82) is 0 Å². The number of nitrogens with one attached hydrogen (secondary N) is 1. The van der Waals surface area contributed by atoms with E-state index in [1.165, 1.54) is 0 Å². The predicted octanol–water partition coefficient (Wildman–Crippen LogP) is 3.81. The Labute approximate surface area is 241 Å². The number of anilines is 2. The molecule has 1 aromatic carbocycles. The van der Waals surface area contributed by atoms with Crippen molar-refractivity contribution in [2.24, 2.45) is 5.41 Å². The molecule has 41 heavy (non-hydrogen) atoms. The lowest BCUT2D eigenvalue weighted by atomic mass is 9.90. The Morgan fingerprint density at radius 2 is 1.78 bits per heavy atom. The Hall–Kier alpha value is -4.18. The van der Waals surface area contributed by atoms with Gasteiger partial charge in [0.15, 0.2) is 0 Å². The third kappa shape index (κ3) is 6.77. The maximum Gasteiger partial charge on any atom is 0.255 e. The van der Waals surface area contributed by atoms with Crippen molar-refractivity contribution in [2.45, 2.75) is 33.7 Å². The van der Waals surface area contributed by atoms with E-state index in [4.69, 9.17) is 4.74 Å². The summed E-state index contributed by atoms with van der Waals surface area (Å²) in [5.41, 5.74) is 2.00. The van der Waals surface area contributed by atoms with Gasteiger partial charge in [0.05, 0.1) is 23.5 Å². The highest BCUT2D eigenvalue weighted by atomic mass is 16.5. The van der Waals surface area contributed by atoms with E-state index in [2.05, 4.69) is 14.9 Å². The summed E-state index contributed by atoms with van der Waals surface area (Å²) < 4.78 is 6.11. The second kappa shape index (κ2) is 13.0. The molecule has 3 amide bonds. The van der Waals surface area contributed by atoms with E-state index in [-0.39, 0.29) is 17.7 Å². The van der Waals surface area contributed by atoms with E-state index in [0.29, 0.717) is 48.9 Å². The number of fused-ring (bicyclic) bond motifs is 1. The molecule has 1 N–H and O–H groups in total. The van der Waals surface area contributed by atoms with Gasteiger partial charge in [-0.2, -0.15) is 0 Å². The zero-order valence-electron chi connectivity index (χ0n) is 24.6. The zero-order valence-corrected chi connectivity index (χ0v) is 24.6. The molecular weight excluding hydrogens is 520 g/mol. The number of hydrogen-bond donors (Lipinski definition) is 1. The van der Waals surface area contributed by atoms with Gasteiger partial charge in [-0.15, -0.1) is 0 Å². The molecule has 2 aromatic heterocycles. The average molecular weight is 561 g/mol. The first-order valence-corrected chi connectivity index (χ1v) is 14.0. The van der Waals surface area contributed by atoms with Crippen LogP contribution in [-0.4, -0.2) is 84.4 Å². The minimum atomic E-state index is -1.15. The normalized spacial score (nSPS) is 14.7. The number of pyridine rings is 1. The molecular formula is C31H40N6O4. The first-order chi connectivity index (χ1) is 19.6. The molecule has 0 saturated heterocycles. The number of likely N-dealkylation sites (N-methyl/N-ethyl adjacent to an activating group) is 1. The molecule has 0 saturated carbocycles. The van der Waals surface area contributed by atoms with Gasteiger partial charge in [-0.05, 0) is 63.1 Å². The van der Waals surface area contributed by atoms with Crippen LogP contribution in [0.2, 0.25) is 0 Å². The lowest BCUT2D eigenvalue weighted by Crippen LogP contribution is -2.47. The highest BCUT2D eigenvalue weighted by molar-refractivity contribution is 6.20. The van der Waals surface area contributed by atoms with Gasteiger partial charge in [-0.25, -0.2) is 0 Å². The molecule has 3 aromatic rings. The molecule has 10 heteroatoms. The number of ether oxygens (including phenoxy) is 1. The van der Waals surface area contributed by atoms with Crippen molar-refractivity contribution in [3.63, 3.8) is 0 Å². The Morgan fingerprint density at radius 1 is 1.02 bits per heavy atom.